The molecule has 1 heterocycles. The van der Waals surface area contributed by atoms with Gasteiger partial charge in [0.1, 0.15) is 0 Å². The number of nitrogens with one attached hydrogen (secondary N) is 1. The maximum Gasteiger partial charge on any atom is 0.321 e. The van der Waals surface area contributed by atoms with Crippen LogP contribution in [0.2, 0.25) is 0 Å². The lowest BCUT2D eigenvalue weighted by molar-refractivity contribution is 0.136. The lowest BCUT2D eigenvalue weighted by Gasteiger charge is -2.31. The Morgan fingerprint density at radius 1 is 1.60 bits per heavy atom. The van der Waals surface area contributed by atoms with Crippen LogP contribution in [0.3, 0.4) is 0 Å². The molecular weight excluding hydrogens is 263 g/mol. The number of aliphatic hydroxyl groups excluding tert-OH is 1. The fourth-order valence-electron chi connectivity index (χ4n) is 2.35. The van der Waals surface area contributed by atoms with Crippen molar-refractivity contribution in [3.05, 3.63) is 24.0 Å². The Labute approximate surface area is 117 Å². The number of carbonyl (C=O) groups is 1. The third-order valence-electron chi connectivity index (χ3n) is 3.47. The van der Waals surface area contributed by atoms with Crippen molar-refractivity contribution in [2.75, 3.05) is 32.1 Å². The first kappa shape index (κ1) is 14.6. The van der Waals surface area contributed by atoms with Crippen molar-refractivity contribution in [2.24, 2.45) is 5.92 Å². The Morgan fingerprint density at radius 2 is 2.40 bits per heavy atom. The molecule has 110 valence electrons. The Balaban J connectivity index is 1.98. The molecule has 0 saturated carbocycles. The fraction of sp³-hybridized carbons (Fsp3) is 0.500. The summed E-state index contributed by atoms with van der Waals surface area (Å²) >= 11 is 0. The third kappa shape index (κ3) is 3.39. The van der Waals surface area contributed by atoms with Crippen molar-refractivity contribution in [2.45, 2.75) is 12.8 Å². The molecule has 1 aliphatic heterocycles. The molecule has 1 aromatic rings. The molecule has 0 aliphatic carbocycles. The largest absolute Gasteiger partial charge is 0.494 e. The summed E-state index contributed by atoms with van der Waals surface area (Å²) < 4.78 is 18.4. The van der Waals surface area contributed by atoms with Crippen molar-refractivity contribution < 1.29 is 19.0 Å². The molecule has 1 aromatic carbocycles. The summed E-state index contributed by atoms with van der Waals surface area (Å²) in [6.45, 7) is 1.27. The monoisotopic (exact) mass is 282 g/mol. The summed E-state index contributed by atoms with van der Waals surface area (Å²) in [4.78, 5) is 13.7. The smallest absolute Gasteiger partial charge is 0.321 e. The molecule has 1 aliphatic rings. The van der Waals surface area contributed by atoms with Gasteiger partial charge in [0.05, 0.1) is 7.11 Å². The van der Waals surface area contributed by atoms with E-state index in [9.17, 15) is 9.18 Å². The lowest BCUT2D eigenvalue weighted by atomic mass is 9.99. The average molecular weight is 282 g/mol. The summed E-state index contributed by atoms with van der Waals surface area (Å²) in [5.41, 5.74) is 0.388. The number of benzene rings is 1. The maximum atomic E-state index is 13.5. The SMILES string of the molecule is COc1ccc(NC(=O)N2CCCC(CO)C2)cc1F. The van der Waals surface area contributed by atoms with Crippen LogP contribution in [0.1, 0.15) is 12.8 Å². The number of hydrogen-bond donors (Lipinski definition) is 2. The van der Waals surface area contributed by atoms with Crippen LogP contribution in [0.5, 0.6) is 5.75 Å². The van der Waals surface area contributed by atoms with Gasteiger partial charge in [0, 0.05) is 31.5 Å². The van der Waals surface area contributed by atoms with Gasteiger partial charge in [-0.3, -0.25) is 0 Å². The van der Waals surface area contributed by atoms with E-state index in [-0.39, 0.29) is 24.3 Å². The molecule has 20 heavy (non-hydrogen) atoms. The van der Waals surface area contributed by atoms with Crippen molar-refractivity contribution in [3.8, 4) is 5.75 Å². The van der Waals surface area contributed by atoms with Gasteiger partial charge in [-0.2, -0.15) is 0 Å². The number of aliphatic hydroxyl groups is 1. The second-order valence-corrected chi connectivity index (χ2v) is 4.92. The maximum absolute atomic E-state index is 13.5. The Hall–Kier alpha value is -1.82. The predicted octanol–water partition coefficient (Wildman–Crippen LogP) is 2.07. The van der Waals surface area contributed by atoms with E-state index in [4.69, 9.17) is 9.84 Å². The summed E-state index contributed by atoms with van der Waals surface area (Å²) in [7, 11) is 1.39. The molecule has 1 fully saturated rings. The number of likely N-dealkylation sites (tertiary alicyclic amines) is 1. The highest BCUT2D eigenvalue weighted by Gasteiger charge is 2.23. The average Bonchev–Trinajstić information content (AvgIpc) is 2.47. The molecule has 2 rings (SSSR count). The number of rotatable bonds is 3. The molecule has 2 N–H and O–H groups in total. The van der Waals surface area contributed by atoms with Gasteiger partial charge in [-0.25, -0.2) is 9.18 Å². The topological polar surface area (TPSA) is 61.8 Å². The van der Waals surface area contributed by atoms with Crippen LogP contribution in [0, 0.1) is 11.7 Å². The molecule has 1 atom stereocenters. The van der Waals surface area contributed by atoms with Crippen molar-refractivity contribution in [1.29, 1.82) is 0 Å². The van der Waals surface area contributed by atoms with Crippen LogP contribution in [0.4, 0.5) is 14.9 Å². The van der Waals surface area contributed by atoms with Crippen LogP contribution in [-0.4, -0.2) is 42.8 Å². The van der Waals surface area contributed by atoms with E-state index in [1.165, 1.54) is 19.2 Å². The highest BCUT2D eigenvalue weighted by atomic mass is 19.1. The Bertz CT molecular complexity index is 481. The van der Waals surface area contributed by atoms with Crippen molar-refractivity contribution in [1.82, 2.24) is 4.90 Å². The van der Waals surface area contributed by atoms with Crippen LogP contribution in [-0.2, 0) is 0 Å². The van der Waals surface area contributed by atoms with Crippen molar-refractivity contribution >= 4 is 11.7 Å². The van der Waals surface area contributed by atoms with Gasteiger partial charge in [-0.15, -0.1) is 0 Å². The molecule has 1 saturated heterocycles. The number of nitrogens with zero attached hydrogens (tertiary/aromatic N) is 1. The van der Waals surface area contributed by atoms with Gasteiger partial charge in [0.2, 0.25) is 0 Å². The Morgan fingerprint density at radius 3 is 3.05 bits per heavy atom. The minimum atomic E-state index is -0.517. The van der Waals surface area contributed by atoms with Gasteiger partial charge in [0.15, 0.2) is 11.6 Å². The van der Waals surface area contributed by atoms with E-state index < -0.39 is 5.82 Å². The number of carbonyl (C=O) groups excluding carboxylic acids is 1. The highest BCUT2D eigenvalue weighted by molar-refractivity contribution is 5.89. The van der Waals surface area contributed by atoms with Gasteiger partial charge in [0.25, 0.3) is 0 Å². The quantitative estimate of drug-likeness (QED) is 0.892. The minimum absolute atomic E-state index is 0.0843. The first-order valence-corrected chi connectivity index (χ1v) is 6.64. The number of hydrogen-bond acceptors (Lipinski definition) is 3. The Kier molecular flexibility index (Phi) is 4.79. The first-order chi connectivity index (χ1) is 9.63. The first-order valence-electron chi connectivity index (χ1n) is 6.64. The molecule has 1 unspecified atom stereocenters. The number of urea groups is 1. The van der Waals surface area contributed by atoms with E-state index in [1.54, 1.807) is 11.0 Å². The number of halogens is 1. The van der Waals surface area contributed by atoms with Gasteiger partial charge in [-0.05, 0) is 30.9 Å². The third-order valence-corrected chi connectivity index (χ3v) is 3.47. The molecule has 0 aromatic heterocycles. The second kappa shape index (κ2) is 6.56. The minimum Gasteiger partial charge on any atom is -0.494 e. The zero-order chi connectivity index (χ0) is 14.5. The number of anilines is 1. The van der Waals surface area contributed by atoms with Crippen LogP contribution in [0.25, 0.3) is 0 Å². The molecule has 0 bridgehead atoms. The van der Waals surface area contributed by atoms with Crippen LogP contribution in [0.15, 0.2) is 18.2 Å². The molecule has 0 spiro atoms. The standard InChI is InChI=1S/C14H19FN2O3/c1-20-13-5-4-11(7-12(13)15)16-14(19)17-6-2-3-10(8-17)9-18/h4-5,7,10,18H,2-3,6,8-9H2,1H3,(H,16,19). The van der Waals surface area contributed by atoms with Crippen LogP contribution >= 0.6 is 0 Å². The zero-order valence-corrected chi connectivity index (χ0v) is 11.4. The predicted molar refractivity (Wildman–Crippen MR) is 73.4 cm³/mol. The second-order valence-electron chi connectivity index (χ2n) is 4.92. The van der Waals surface area contributed by atoms with Gasteiger partial charge in [-0.1, -0.05) is 0 Å². The summed E-state index contributed by atoms with van der Waals surface area (Å²) in [6, 6.07) is 4.02. The molecular formula is C14H19FN2O3. The lowest BCUT2D eigenvalue weighted by Crippen LogP contribution is -2.43. The number of amides is 2. The van der Waals surface area contributed by atoms with Gasteiger partial charge >= 0.3 is 6.03 Å². The molecule has 5 nitrogen and oxygen atoms in total. The number of piperidine rings is 1. The molecule has 6 heteroatoms. The highest BCUT2D eigenvalue weighted by Crippen LogP contribution is 2.22. The molecule has 0 radical (unpaired) electrons. The van der Waals surface area contributed by atoms with Crippen molar-refractivity contribution in [3.63, 3.8) is 0 Å². The van der Waals surface area contributed by atoms with Gasteiger partial charge < -0.3 is 20.1 Å². The van der Waals surface area contributed by atoms with E-state index >= 15 is 0 Å². The van der Waals surface area contributed by atoms with Crippen LogP contribution < -0.4 is 10.1 Å². The number of methoxy groups -OCH3 is 1. The van der Waals surface area contributed by atoms with E-state index in [1.807, 2.05) is 0 Å². The van der Waals surface area contributed by atoms with E-state index in [0.717, 1.165) is 12.8 Å². The zero-order valence-electron chi connectivity index (χ0n) is 11.4. The summed E-state index contributed by atoms with van der Waals surface area (Å²) in [6.07, 6.45) is 1.80. The summed E-state index contributed by atoms with van der Waals surface area (Å²) in [5, 5.41) is 11.8. The fourth-order valence-corrected chi connectivity index (χ4v) is 2.35. The van der Waals surface area contributed by atoms with E-state index in [0.29, 0.717) is 18.8 Å². The normalized spacial score (nSPS) is 18.8. The molecule has 2 amide bonds. The van der Waals surface area contributed by atoms with E-state index in [2.05, 4.69) is 5.32 Å². The number of ether oxygens (including phenoxy) is 1. The summed E-state index contributed by atoms with van der Waals surface area (Å²) in [5.74, 6) is -0.249.